The summed E-state index contributed by atoms with van der Waals surface area (Å²) in [5.74, 6) is -3.56. The van der Waals surface area contributed by atoms with Gasteiger partial charge in [0.25, 0.3) is 5.91 Å². The maximum Gasteiger partial charge on any atom is 0.416 e. The third-order valence-corrected chi connectivity index (χ3v) is 4.01. The van der Waals surface area contributed by atoms with Gasteiger partial charge in [-0.05, 0) is 42.0 Å². The number of anilines is 1. The summed E-state index contributed by atoms with van der Waals surface area (Å²) in [5, 5.41) is 20.5. The van der Waals surface area contributed by atoms with Crippen LogP contribution in [-0.2, 0) is 27.1 Å². The van der Waals surface area contributed by atoms with Crippen molar-refractivity contribution in [3.8, 4) is 0 Å². The molecular weight excluding hydrogens is 409 g/mol. The number of carboxylic acids is 2. The zero-order valence-corrected chi connectivity index (χ0v) is 15.3. The van der Waals surface area contributed by atoms with E-state index >= 15 is 0 Å². The first-order valence-corrected chi connectivity index (χ1v) is 8.47. The Kier molecular flexibility index (Phi) is 7.14. The van der Waals surface area contributed by atoms with Gasteiger partial charge in [-0.1, -0.05) is 12.1 Å². The van der Waals surface area contributed by atoms with E-state index in [0.717, 1.165) is 24.3 Å². The van der Waals surface area contributed by atoms with Gasteiger partial charge in [0, 0.05) is 11.3 Å². The van der Waals surface area contributed by atoms with Crippen LogP contribution < -0.4 is 11.1 Å². The number of halogens is 3. The number of alkyl halides is 3. The molecule has 2 atom stereocenters. The number of hydrogen-bond acceptors (Lipinski definition) is 4. The van der Waals surface area contributed by atoms with Gasteiger partial charge in [0.05, 0.1) is 12.2 Å². The minimum absolute atomic E-state index is 0.0111. The highest BCUT2D eigenvalue weighted by molar-refractivity contribution is 6.04. The van der Waals surface area contributed by atoms with Crippen molar-refractivity contribution in [3.05, 3.63) is 65.2 Å². The number of aliphatic carboxylic acids is 2. The first-order valence-electron chi connectivity index (χ1n) is 8.47. The second-order valence-electron chi connectivity index (χ2n) is 6.24. The lowest BCUT2D eigenvalue weighted by Crippen LogP contribution is -2.72. The molecule has 2 aromatic carbocycles. The average Bonchev–Trinajstić information content (AvgIpc) is 2.67. The second-order valence-corrected chi connectivity index (χ2v) is 6.24. The summed E-state index contributed by atoms with van der Waals surface area (Å²) in [6, 6.07) is 8.23. The minimum atomic E-state index is -4.51. The van der Waals surface area contributed by atoms with E-state index in [-0.39, 0.29) is 17.9 Å². The molecule has 2 rings (SSSR count). The van der Waals surface area contributed by atoms with Gasteiger partial charge in [-0.15, -0.1) is 0 Å². The number of carbonyl (C=O) groups is 3. The van der Waals surface area contributed by atoms with Crippen LogP contribution in [0.5, 0.6) is 0 Å². The lowest BCUT2D eigenvalue weighted by Gasteiger charge is -2.15. The molecule has 0 saturated heterocycles. The van der Waals surface area contributed by atoms with E-state index in [4.69, 9.17) is 14.9 Å². The lowest BCUT2D eigenvalue weighted by molar-refractivity contribution is -0.424. The number of carbonyl (C=O) groups excluding carboxylic acids is 1. The van der Waals surface area contributed by atoms with E-state index in [0.29, 0.717) is 5.56 Å². The van der Waals surface area contributed by atoms with Crippen LogP contribution in [0.1, 0.15) is 21.5 Å². The van der Waals surface area contributed by atoms with E-state index in [9.17, 15) is 27.6 Å². The highest BCUT2D eigenvalue weighted by Gasteiger charge is 2.35. The van der Waals surface area contributed by atoms with Crippen molar-refractivity contribution >= 4 is 23.5 Å². The Bertz CT molecular complexity index is 931. The molecule has 1 amide bonds. The summed E-state index contributed by atoms with van der Waals surface area (Å²) in [6.45, 7) is -0.264. The van der Waals surface area contributed by atoms with Crippen molar-refractivity contribution in [1.82, 2.24) is 0 Å². The van der Waals surface area contributed by atoms with Gasteiger partial charge in [0.15, 0.2) is 0 Å². The first-order chi connectivity index (χ1) is 14.0. The van der Waals surface area contributed by atoms with Gasteiger partial charge >= 0.3 is 18.1 Å². The highest BCUT2D eigenvalue weighted by Crippen LogP contribution is 2.29. The third kappa shape index (κ3) is 6.03. The van der Waals surface area contributed by atoms with Crippen molar-refractivity contribution in [1.29, 1.82) is 0 Å². The van der Waals surface area contributed by atoms with Gasteiger partial charge in [0.2, 0.25) is 12.1 Å². The predicted molar refractivity (Wildman–Crippen MR) is 96.4 cm³/mol. The number of amides is 1. The molecular formula is C19H18F3N2O6+. The molecule has 0 spiro atoms. The Balaban J connectivity index is 2.05. The summed E-state index contributed by atoms with van der Waals surface area (Å²) in [5.41, 5.74) is 3.11. The molecule has 2 aromatic rings. The van der Waals surface area contributed by atoms with Crippen molar-refractivity contribution in [2.24, 2.45) is 0 Å². The fraction of sp³-hybridized carbons (Fsp3) is 0.211. The van der Waals surface area contributed by atoms with Crippen LogP contribution in [0.4, 0.5) is 18.9 Å². The van der Waals surface area contributed by atoms with Gasteiger partial charge in [-0.2, -0.15) is 13.2 Å². The largest absolute Gasteiger partial charge is 0.479 e. The van der Waals surface area contributed by atoms with Crippen molar-refractivity contribution in [2.45, 2.75) is 24.9 Å². The fourth-order valence-corrected chi connectivity index (χ4v) is 2.43. The Morgan fingerprint density at radius 3 is 2.20 bits per heavy atom. The normalized spacial score (nSPS) is 13.3. The molecule has 0 fully saturated rings. The molecule has 0 saturated carbocycles. The summed E-state index contributed by atoms with van der Waals surface area (Å²) in [4.78, 5) is 34.3. The van der Waals surface area contributed by atoms with Crippen LogP contribution in [0, 0.1) is 0 Å². The molecule has 30 heavy (non-hydrogen) atoms. The van der Waals surface area contributed by atoms with Crippen LogP contribution >= 0.6 is 0 Å². The van der Waals surface area contributed by atoms with Gasteiger partial charge < -0.3 is 26.0 Å². The molecule has 0 radical (unpaired) electrons. The predicted octanol–water partition coefficient (Wildman–Crippen LogP) is 1.62. The summed E-state index contributed by atoms with van der Waals surface area (Å²) >= 11 is 0. The van der Waals surface area contributed by atoms with Crippen molar-refractivity contribution < 1.29 is 48.2 Å². The Morgan fingerprint density at radius 1 is 1.03 bits per heavy atom. The van der Waals surface area contributed by atoms with Crippen molar-refractivity contribution in [3.63, 3.8) is 0 Å². The topological polar surface area (TPSA) is 141 Å². The van der Waals surface area contributed by atoms with Gasteiger partial charge in [-0.25, -0.2) is 9.59 Å². The van der Waals surface area contributed by atoms with E-state index in [1.165, 1.54) is 18.2 Å². The van der Waals surface area contributed by atoms with E-state index in [2.05, 4.69) is 11.1 Å². The number of benzene rings is 2. The second kappa shape index (κ2) is 9.37. The van der Waals surface area contributed by atoms with Crippen LogP contribution in [0.15, 0.2) is 48.5 Å². The van der Waals surface area contributed by atoms with Crippen molar-refractivity contribution in [2.75, 3.05) is 5.32 Å². The fourth-order valence-electron chi connectivity index (χ4n) is 2.43. The first kappa shape index (κ1) is 22.8. The van der Waals surface area contributed by atoms with Gasteiger partial charge in [0.1, 0.15) is 0 Å². The van der Waals surface area contributed by atoms with Crippen LogP contribution in [-0.4, -0.2) is 40.2 Å². The maximum absolute atomic E-state index is 12.6. The molecule has 0 aliphatic carbocycles. The molecule has 0 aromatic heterocycles. The van der Waals surface area contributed by atoms with Crippen LogP contribution in [0.3, 0.4) is 0 Å². The zero-order chi connectivity index (χ0) is 22.5. The third-order valence-electron chi connectivity index (χ3n) is 4.01. The zero-order valence-electron chi connectivity index (χ0n) is 15.3. The number of ether oxygens (including phenoxy) is 1. The molecule has 11 heteroatoms. The monoisotopic (exact) mass is 427 g/mol. The summed E-state index contributed by atoms with van der Waals surface area (Å²) in [6.07, 6.45) is -6.18. The molecule has 8 nitrogen and oxygen atoms in total. The molecule has 0 bridgehead atoms. The van der Waals surface area contributed by atoms with Crippen LogP contribution in [0.25, 0.3) is 0 Å². The number of quaternary nitrogens is 1. The van der Waals surface area contributed by atoms with E-state index < -0.39 is 41.7 Å². The quantitative estimate of drug-likeness (QED) is 0.505. The lowest BCUT2D eigenvalue weighted by atomic mass is 10.1. The van der Waals surface area contributed by atoms with E-state index in [1.54, 1.807) is 6.07 Å². The number of rotatable bonds is 8. The van der Waals surface area contributed by atoms with Gasteiger partial charge in [-0.3, -0.25) is 4.79 Å². The molecule has 0 unspecified atom stereocenters. The standard InChI is InChI=1S/C19H17F3N2O6/c20-19(21,22)12-6-4-11(5-7-12)16(25)24-13-3-1-2-10(8-13)9-30-15(18(28)29)14(23)17(26)27/h1-8,14-15H,9,23H2,(H,24,25)(H,26,27)(H,28,29)/p+1/t14-,15-/m0/s1. The SMILES string of the molecule is [NH3+][C@H](C(=O)O)[C@H](OCc1cccc(NC(=O)c2ccc(C(F)(F)F)cc2)c1)C(=O)O. The maximum atomic E-state index is 12.6. The Morgan fingerprint density at radius 2 is 1.67 bits per heavy atom. The molecule has 0 aliphatic rings. The smallest absolute Gasteiger partial charge is 0.416 e. The Labute approximate surface area is 168 Å². The summed E-state index contributed by atoms with van der Waals surface area (Å²) in [7, 11) is 0. The number of nitrogens with one attached hydrogen (secondary N) is 1. The summed E-state index contributed by atoms with van der Waals surface area (Å²) < 4.78 is 42.9. The highest BCUT2D eigenvalue weighted by atomic mass is 19.4. The molecule has 160 valence electrons. The minimum Gasteiger partial charge on any atom is -0.479 e. The molecule has 0 aliphatic heterocycles. The Hall–Kier alpha value is -3.44. The number of carboxylic acid groups (broad SMARTS) is 2. The molecule has 6 N–H and O–H groups in total. The van der Waals surface area contributed by atoms with Crippen LogP contribution in [0.2, 0.25) is 0 Å². The number of hydrogen-bond donors (Lipinski definition) is 4. The average molecular weight is 427 g/mol. The van der Waals surface area contributed by atoms with E-state index in [1.807, 2.05) is 0 Å². The molecule has 0 heterocycles.